The fourth-order valence-electron chi connectivity index (χ4n) is 2.09. The van der Waals surface area contributed by atoms with Crippen molar-refractivity contribution in [2.45, 2.75) is 46.1 Å². The summed E-state index contributed by atoms with van der Waals surface area (Å²) in [6.07, 6.45) is 3.49. The van der Waals surface area contributed by atoms with Crippen molar-refractivity contribution in [1.29, 1.82) is 0 Å². The van der Waals surface area contributed by atoms with Crippen LogP contribution in [0, 0.1) is 5.92 Å². The topological polar surface area (TPSA) is 41.6 Å². The van der Waals surface area contributed by atoms with Crippen molar-refractivity contribution in [2.75, 3.05) is 32.8 Å². The van der Waals surface area contributed by atoms with Gasteiger partial charge in [-0.2, -0.15) is 0 Å². The molecule has 0 spiro atoms. The minimum atomic E-state index is 0.151. The monoisotopic (exact) mass is 256 g/mol. The molecular weight excluding hydrogens is 228 g/mol. The maximum absolute atomic E-state index is 11.6. The second-order valence-electron chi connectivity index (χ2n) is 5.55. The third kappa shape index (κ3) is 6.36. The first-order valence-electron chi connectivity index (χ1n) is 7.22. The van der Waals surface area contributed by atoms with E-state index in [0.717, 1.165) is 45.5 Å². The Balaban J connectivity index is 2.13. The molecule has 1 fully saturated rings. The third-order valence-corrected chi connectivity index (χ3v) is 3.14. The number of hydrogen-bond donors (Lipinski definition) is 1. The van der Waals surface area contributed by atoms with E-state index in [1.807, 2.05) is 0 Å². The van der Waals surface area contributed by atoms with Crippen LogP contribution in [-0.4, -0.2) is 49.7 Å². The van der Waals surface area contributed by atoms with Gasteiger partial charge in [0.1, 0.15) is 0 Å². The van der Waals surface area contributed by atoms with Crippen LogP contribution in [-0.2, 0) is 9.53 Å². The van der Waals surface area contributed by atoms with Crippen LogP contribution in [0.25, 0.3) is 0 Å². The zero-order chi connectivity index (χ0) is 13.4. The van der Waals surface area contributed by atoms with E-state index < -0.39 is 0 Å². The summed E-state index contributed by atoms with van der Waals surface area (Å²) in [6, 6.07) is 0. The minimum absolute atomic E-state index is 0.151. The molecule has 106 valence electrons. The number of carbonyl (C=O) groups is 1. The molecule has 0 aromatic heterocycles. The van der Waals surface area contributed by atoms with E-state index in [4.69, 9.17) is 4.74 Å². The van der Waals surface area contributed by atoms with Gasteiger partial charge in [-0.3, -0.25) is 9.69 Å². The lowest BCUT2D eigenvalue weighted by atomic mass is 10.1. The van der Waals surface area contributed by atoms with Crippen LogP contribution < -0.4 is 5.32 Å². The van der Waals surface area contributed by atoms with E-state index in [9.17, 15) is 4.79 Å². The van der Waals surface area contributed by atoms with Gasteiger partial charge < -0.3 is 10.1 Å². The Morgan fingerprint density at radius 2 is 2.06 bits per heavy atom. The molecule has 1 aliphatic rings. The van der Waals surface area contributed by atoms with Crippen LogP contribution in [0.1, 0.15) is 40.0 Å². The van der Waals surface area contributed by atoms with Crippen LogP contribution in [0.4, 0.5) is 0 Å². The van der Waals surface area contributed by atoms with Gasteiger partial charge in [0.25, 0.3) is 0 Å². The van der Waals surface area contributed by atoms with Crippen LogP contribution >= 0.6 is 0 Å². The van der Waals surface area contributed by atoms with Crippen LogP contribution in [0.2, 0.25) is 0 Å². The molecule has 4 nitrogen and oxygen atoms in total. The van der Waals surface area contributed by atoms with Crippen molar-refractivity contribution in [3.05, 3.63) is 0 Å². The number of amides is 1. The molecule has 0 bridgehead atoms. The maximum atomic E-state index is 11.6. The molecule has 0 unspecified atom stereocenters. The molecular formula is C14H28N2O2. The average Bonchev–Trinajstić information content (AvgIpc) is 2.35. The van der Waals surface area contributed by atoms with Gasteiger partial charge in [0.2, 0.25) is 5.91 Å². The Hall–Kier alpha value is -0.610. The Morgan fingerprint density at radius 1 is 1.39 bits per heavy atom. The number of piperidine rings is 1. The number of nitrogens with one attached hydrogen (secondary N) is 1. The van der Waals surface area contributed by atoms with E-state index in [1.165, 1.54) is 0 Å². The second-order valence-corrected chi connectivity index (χ2v) is 5.55. The van der Waals surface area contributed by atoms with E-state index >= 15 is 0 Å². The minimum Gasteiger partial charge on any atom is -0.378 e. The SMILES string of the molecule is CCCNC(=O)CN1CCC(OCC(C)C)CC1. The lowest BCUT2D eigenvalue weighted by Gasteiger charge is -2.31. The summed E-state index contributed by atoms with van der Waals surface area (Å²) in [5.41, 5.74) is 0. The number of ether oxygens (including phenoxy) is 1. The molecule has 1 saturated heterocycles. The molecule has 0 atom stereocenters. The van der Waals surface area contributed by atoms with E-state index in [0.29, 0.717) is 18.6 Å². The van der Waals surface area contributed by atoms with Gasteiger partial charge in [-0.1, -0.05) is 20.8 Å². The fourth-order valence-corrected chi connectivity index (χ4v) is 2.09. The lowest BCUT2D eigenvalue weighted by molar-refractivity contribution is -0.123. The van der Waals surface area contributed by atoms with Crippen LogP contribution in [0.5, 0.6) is 0 Å². The number of nitrogens with zero attached hydrogens (tertiary/aromatic N) is 1. The molecule has 0 aromatic rings. The van der Waals surface area contributed by atoms with Gasteiger partial charge in [-0.25, -0.2) is 0 Å². The lowest BCUT2D eigenvalue weighted by Crippen LogP contribution is -2.43. The summed E-state index contributed by atoms with van der Waals surface area (Å²) in [6.45, 7) is 10.5. The van der Waals surface area contributed by atoms with Crippen molar-refractivity contribution in [1.82, 2.24) is 10.2 Å². The molecule has 1 rings (SSSR count). The molecule has 4 heteroatoms. The predicted octanol–water partition coefficient (Wildman–Crippen LogP) is 1.65. The molecule has 1 heterocycles. The smallest absolute Gasteiger partial charge is 0.234 e. The highest BCUT2D eigenvalue weighted by molar-refractivity contribution is 5.77. The van der Waals surface area contributed by atoms with Gasteiger partial charge >= 0.3 is 0 Å². The van der Waals surface area contributed by atoms with Gasteiger partial charge in [-0.15, -0.1) is 0 Å². The molecule has 1 amide bonds. The van der Waals surface area contributed by atoms with Crippen molar-refractivity contribution in [3.8, 4) is 0 Å². The highest BCUT2D eigenvalue weighted by Gasteiger charge is 2.21. The fraction of sp³-hybridized carbons (Fsp3) is 0.929. The number of carbonyl (C=O) groups excluding carboxylic acids is 1. The quantitative estimate of drug-likeness (QED) is 0.753. The first-order chi connectivity index (χ1) is 8.61. The first-order valence-corrected chi connectivity index (χ1v) is 7.22. The number of rotatable bonds is 7. The maximum Gasteiger partial charge on any atom is 0.234 e. The Kier molecular flexibility index (Phi) is 7.28. The average molecular weight is 256 g/mol. The Bertz CT molecular complexity index is 236. The molecule has 18 heavy (non-hydrogen) atoms. The Morgan fingerprint density at radius 3 is 2.61 bits per heavy atom. The van der Waals surface area contributed by atoms with E-state index in [1.54, 1.807) is 0 Å². The van der Waals surface area contributed by atoms with Crippen molar-refractivity contribution in [2.24, 2.45) is 5.92 Å². The number of hydrogen-bond acceptors (Lipinski definition) is 3. The number of likely N-dealkylation sites (tertiary alicyclic amines) is 1. The summed E-state index contributed by atoms with van der Waals surface area (Å²) in [4.78, 5) is 13.8. The molecule has 0 saturated carbocycles. The second kappa shape index (κ2) is 8.48. The van der Waals surface area contributed by atoms with E-state index in [2.05, 4.69) is 31.0 Å². The molecule has 0 aromatic carbocycles. The van der Waals surface area contributed by atoms with E-state index in [-0.39, 0.29) is 5.91 Å². The normalized spacial score (nSPS) is 18.2. The summed E-state index contributed by atoms with van der Waals surface area (Å²) < 4.78 is 5.84. The molecule has 1 aliphatic heterocycles. The highest BCUT2D eigenvalue weighted by Crippen LogP contribution is 2.14. The predicted molar refractivity (Wildman–Crippen MR) is 73.6 cm³/mol. The van der Waals surface area contributed by atoms with Gasteiger partial charge in [-0.05, 0) is 25.2 Å². The van der Waals surface area contributed by atoms with Crippen LogP contribution in [0.3, 0.4) is 0 Å². The molecule has 0 radical (unpaired) electrons. The summed E-state index contributed by atoms with van der Waals surface area (Å²) in [5.74, 6) is 0.751. The molecule has 0 aliphatic carbocycles. The standard InChI is InChI=1S/C14H28N2O2/c1-4-7-15-14(17)10-16-8-5-13(6-9-16)18-11-12(2)3/h12-13H,4-11H2,1-3H3,(H,15,17). The largest absolute Gasteiger partial charge is 0.378 e. The highest BCUT2D eigenvalue weighted by atomic mass is 16.5. The van der Waals surface area contributed by atoms with Gasteiger partial charge in [0.05, 0.1) is 12.6 Å². The van der Waals surface area contributed by atoms with Crippen LogP contribution in [0.15, 0.2) is 0 Å². The summed E-state index contributed by atoms with van der Waals surface area (Å²) in [7, 11) is 0. The summed E-state index contributed by atoms with van der Waals surface area (Å²) >= 11 is 0. The third-order valence-electron chi connectivity index (χ3n) is 3.14. The zero-order valence-electron chi connectivity index (χ0n) is 12.1. The van der Waals surface area contributed by atoms with Crippen molar-refractivity contribution < 1.29 is 9.53 Å². The summed E-state index contributed by atoms with van der Waals surface area (Å²) in [5, 5.41) is 2.92. The molecule has 1 N–H and O–H groups in total. The zero-order valence-corrected chi connectivity index (χ0v) is 12.1. The first kappa shape index (κ1) is 15.4. The van der Waals surface area contributed by atoms with Gasteiger partial charge in [0.15, 0.2) is 0 Å². The van der Waals surface area contributed by atoms with Crippen molar-refractivity contribution in [3.63, 3.8) is 0 Å². The van der Waals surface area contributed by atoms with Gasteiger partial charge in [0, 0.05) is 26.2 Å². The van der Waals surface area contributed by atoms with Crippen molar-refractivity contribution >= 4 is 5.91 Å². The Labute approximate surface area is 111 Å².